The molecule has 0 atom stereocenters. The first-order valence-electron chi connectivity index (χ1n) is 5.70. The fourth-order valence-electron chi connectivity index (χ4n) is 1.39. The molecule has 2 aromatic rings. The molecule has 0 aliphatic carbocycles. The minimum absolute atomic E-state index is 0.722. The molecule has 0 saturated carbocycles. The molecule has 0 unspecified atom stereocenters. The molecule has 2 N–H and O–H groups in total. The van der Waals surface area contributed by atoms with Crippen LogP contribution in [0.15, 0.2) is 40.9 Å². The monoisotopic (exact) mass is 264 g/mol. The number of aromatic amines is 1. The molecule has 0 fully saturated rings. The molecule has 0 aliphatic heterocycles. The van der Waals surface area contributed by atoms with Crippen molar-refractivity contribution < 1.29 is 4.74 Å². The molecule has 2 aromatic heterocycles. The van der Waals surface area contributed by atoms with Crippen LogP contribution in [0.4, 0.5) is 0 Å². The van der Waals surface area contributed by atoms with E-state index in [9.17, 15) is 0 Å². The number of nitrogens with zero attached hydrogens (tertiary/aromatic N) is 2. The van der Waals surface area contributed by atoms with Crippen LogP contribution in [-0.4, -0.2) is 35.2 Å². The van der Waals surface area contributed by atoms with Gasteiger partial charge in [-0.3, -0.25) is 0 Å². The number of imidazole rings is 1. The largest absolute Gasteiger partial charge is 0.383 e. The molecule has 0 spiro atoms. The molecule has 18 heavy (non-hydrogen) atoms. The summed E-state index contributed by atoms with van der Waals surface area (Å²) < 4.78 is 4.97. The van der Waals surface area contributed by atoms with Crippen LogP contribution in [0.1, 0.15) is 5.56 Å². The van der Waals surface area contributed by atoms with Crippen LogP contribution in [0.3, 0.4) is 0 Å². The van der Waals surface area contributed by atoms with Gasteiger partial charge in [-0.2, -0.15) is 0 Å². The maximum atomic E-state index is 4.97. The number of aromatic nitrogens is 3. The van der Waals surface area contributed by atoms with Crippen molar-refractivity contribution in [3.05, 3.63) is 36.3 Å². The molecule has 0 aromatic carbocycles. The topological polar surface area (TPSA) is 62.8 Å². The molecular formula is C12H16N4OS. The number of hydrogen-bond acceptors (Lipinski definition) is 5. The summed E-state index contributed by atoms with van der Waals surface area (Å²) in [5, 5.41) is 5.07. The quantitative estimate of drug-likeness (QED) is 0.745. The Morgan fingerprint density at radius 2 is 2.33 bits per heavy atom. The lowest BCUT2D eigenvalue weighted by molar-refractivity contribution is 0.199. The number of rotatable bonds is 7. The lowest BCUT2D eigenvalue weighted by Gasteiger charge is -2.04. The summed E-state index contributed by atoms with van der Waals surface area (Å²) in [4.78, 5) is 11.6. The minimum Gasteiger partial charge on any atom is -0.383 e. The Hall–Kier alpha value is -1.37. The first-order valence-corrected chi connectivity index (χ1v) is 6.52. The van der Waals surface area contributed by atoms with Gasteiger partial charge in [0.15, 0.2) is 5.16 Å². The maximum absolute atomic E-state index is 4.97. The van der Waals surface area contributed by atoms with Crippen molar-refractivity contribution in [2.24, 2.45) is 0 Å². The van der Waals surface area contributed by atoms with Crippen molar-refractivity contribution in [3.8, 4) is 0 Å². The van der Waals surface area contributed by atoms with Gasteiger partial charge < -0.3 is 15.0 Å². The van der Waals surface area contributed by atoms with Crippen molar-refractivity contribution in [2.75, 3.05) is 20.3 Å². The van der Waals surface area contributed by atoms with Crippen molar-refractivity contribution >= 4 is 11.8 Å². The normalized spacial score (nSPS) is 10.7. The molecule has 0 bridgehead atoms. The molecule has 96 valence electrons. The molecule has 0 radical (unpaired) electrons. The molecule has 5 nitrogen and oxygen atoms in total. The molecule has 0 saturated heterocycles. The van der Waals surface area contributed by atoms with E-state index >= 15 is 0 Å². The van der Waals surface area contributed by atoms with Crippen LogP contribution in [0.2, 0.25) is 0 Å². The molecular weight excluding hydrogens is 248 g/mol. The SMILES string of the molecule is COCCNCc1ccc(Sc2ncc[nH]2)nc1. The number of pyridine rings is 1. The van der Waals surface area contributed by atoms with Gasteiger partial charge in [0.1, 0.15) is 5.03 Å². The standard InChI is InChI=1S/C12H16N4OS/c1-17-7-6-13-8-10-2-3-11(16-9-10)18-12-14-4-5-15-12/h2-5,9,13H,6-8H2,1H3,(H,14,15). The highest BCUT2D eigenvalue weighted by molar-refractivity contribution is 7.99. The third-order valence-corrected chi connectivity index (χ3v) is 3.15. The second kappa shape index (κ2) is 7.15. The Kier molecular flexibility index (Phi) is 5.19. The van der Waals surface area contributed by atoms with Gasteiger partial charge in [-0.25, -0.2) is 9.97 Å². The van der Waals surface area contributed by atoms with E-state index in [2.05, 4.69) is 26.3 Å². The van der Waals surface area contributed by atoms with Crippen LogP contribution in [-0.2, 0) is 11.3 Å². The average Bonchev–Trinajstić information content (AvgIpc) is 2.89. The summed E-state index contributed by atoms with van der Waals surface area (Å²) >= 11 is 1.52. The Morgan fingerprint density at radius 3 is 3.00 bits per heavy atom. The lowest BCUT2D eigenvalue weighted by Crippen LogP contribution is -2.18. The van der Waals surface area contributed by atoms with Crippen LogP contribution in [0.5, 0.6) is 0 Å². The smallest absolute Gasteiger partial charge is 0.171 e. The summed E-state index contributed by atoms with van der Waals surface area (Å²) in [5.74, 6) is 0. The van der Waals surface area contributed by atoms with Gasteiger partial charge in [0.2, 0.25) is 0 Å². The number of hydrogen-bond donors (Lipinski definition) is 2. The van der Waals surface area contributed by atoms with Crippen LogP contribution < -0.4 is 5.32 Å². The van der Waals surface area contributed by atoms with Gasteiger partial charge in [0.05, 0.1) is 6.61 Å². The second-order valence-electron chi connectivity index (χ2n) is 3.67. The van der Waals surface area contributed by atoms with E-state index in [4.69, 9.17) is 4.74 Å². The number of methoxy groups -OCH3 is 1. The van der Waals surface area contributed by atoms with Gasteiger partial charge in [-0.15, -0.1) is 0 Å². The maximum Gasteiger partial charge on any atom is 0.171 e. The number of H-pyrrole nitrogens is 1. The van der Waals surface area contributed by atoms with E-state index in [-0.39, 0.29) is 0 Å². The zero-order valence-corrected chi connectivity index (χ0v) is 11.0. The van der Waals surface area contributed by atoms with Gasteiger partial charge in [-0.1, -0.05) is 6.07 Å². The van der Waals surface area contributed by atoms with Crippen molar-refractivity contribution in [1.29, 1.82) is 0 Å². The molecule has 0 amide bonds. The zero-order chi connectivity index (χ0) is 12.6. The predicted octanol–water partition coefficient (Wildman–Crippen LogP) is 1.69. The number of ether oxygens (including phenoxy) is 1. The predicted molar refractivity (Wildman–Crippen MR) is 70.5 cm³/mol. The summed E-state index contributed by atoms with van der Waals surface area (Å²) in [5.41, 5.74) is 1.16. The molecule has 2 heterocycles. The second-order valence-corrected chi connectivity index (χ2v) is 4.68. The van der Waals surface area contributed by atoms with E-state index in [1.165, 1.54) is 11.8 Å². The third-order valence-electron chi connectivity index (χ3n) is 2.28. The van der Waals surface area contributed by atoms with Gasteiger partial charge >= 0.3 is 0 Å². The highest BCUT2D eigenvalue weighted by Gasteiger charge is 2.00. The van der Waals surface area contributed by atoms with E-state index in [0.717, 1.165) is 35.4 Å². The van der Waals surface area contributed by atoms with Crippen LogP contribution >= 0.6 is 11.8 Å². The van der Waals surface area contributed by atoms with E-state index < -0.39 is 0 Å². The number of nitrogens with one attached hydrogen (secondary N) is 2. The summed E-state index contributed by atoms with van der Waals surface area (Å²) in [6.45, 7) is 2.38. The van der Waals surface area contributed by atoms with Crippen molar-refractivity contribution in [3.63, 3.8) is 0 Å². The van der Waals surface area contributed by atoms with Gasteiger partial charge in [-0.05, 0) is 23.4 Å². The Bertz CT molecular complexity index is 444. The third kappa shape index (κ3) is 4.14. The fraction of sp³-hybridized carbons (Fsp3) is 0.333. The average molecular weight is 264 g/mol. The summed E-state index contributed by atoms with van der Waals surface area (Å²) in [6, 6.07) is 4.07. The minimum atomic E-state index is 0.722. The Labute approximate surface area is 110 Å². The van der Waals surface area contributed by atoms with E-state index in [1.807, 2.05) is 12.3 Å². The Morgan fingerprint density at radius 1 is 1.39 bits per heavy atom. The van der Waals surface area contributed by atoms with Crippen LogP contribution in [0.25, 0.3) is 0 Å². The highest BCUT2D eigenvalue weighted by Crippen LogP contribution is 2.21. The zero-order valence-electron chi connectivity index (χ0n) is 10.2. The molecule has 2 rings (SSSR count). The van der Waals surface area contributed by atoms with Crippen molar-refractivity contribution in [1.82, 2.24) is 20.3 Å². The highest BCUT2D eigenvalue weighted by atomic mass is 32.2. The fourth-order valence-corrected chi connectivity index (χ4v) is 2.07. The molecule has 0 aliphatic rings. The summed E-state index contributed by atoms with van der Waals surface area (Å²) in [6.07, 6.45) is 5.41. The Balaban J connectivity index is 1.82. The van der Waals surface area contributed by atoms with Gasteiger partial charge in [0, 0.05) is 38.8 Å². The van der Waals surface area contributed by atoms with Crippen molar-refractivity contribution in [2.45, 2.75) is 16.7 Å². The van der Waals surface area contributed by atoms with Crippen LogP contribution in [0, 0.1) is 0 Å². The molecule has 6 heteroatoms. The van der Waals surface area contributed by atoms with E-state index in [0.29, 0.717) is 0 Å². The first-order chi connectivity index (χ1) is 8.88. The van der Waals surface area contributed by atoms with E-state index in [1.54, 1.807) is 19.5 Å². The summed E-state index contributed by atoms with van der Waals surface area (Å²) in [7, 11) is 1.70. The first kappa shape index (κ1) is 13.1. The van der Waals surface area contributed by atoms with Gasteiger partial charge in [0.25, 0.3) is 0 Å². The lowest BCUT2D eigenvalue weighted by atomic mass is 10.3.